The molecule has 2 aliphatic heterocycles. The Bertz CT molecular complexity index is 1400. The largest absolute Gasteiger partial charge is 0.349 e. The number of ketones is 1. The average Bonchev–Trinajstić information content (AvgIpc) is 3.10. The zero-order valence-electron chi connectivity index (χ0n) is 36.6. The van der Waals surface area contributed by atoms with Gasteiger partial charge in [-0.3, -0.25) is 4.79 Å². The van der Waals surface area contributed by atoms with Gasteiger partial charge in [-0.15, -0.1) is 0 Å². The van der Waals surface area contributed by atoms with Crippen LogP contribution in [0, 0.1) is 80.3 Å². The summed E-state index contributed by atoms with van der Waals surface area (Å²) >= 11 is 0. The first-order valence-electron chi connectivity index (χ1n) is 22.6. The number of allylic oxidation sites excluding steroid dienone is 2. The highest BCUT2D eigenvalue weighted by Crippen LogP contribution is 2.75. The molecule has 2 saturated heterocycles. The van der Waals surface area contributed by atoms with E-state index in [0.29, 0.717) is 64.5 Å². The van der Waals surface area contributed by atoms with Gasteiger partial charge in [0.1, 0.15) is 11.9 Å². The van der Waals surface area contributed by atoms with Crippen molar-refractivity contribution in [2.24, 2.45) is 80.3 Å². The predicted molar refractivity (Wildman–Crippen MR) is 214 cm³/mol. The fraction of sp³-hybridized carbons (Fsp3) is 0.938. The van der Waals surface area contributed by atoms with Crippen LogP contribution in [0.4, 0.5) is 0 Å². The van der Waals surface area contributed by atoms with Gasteiger partial charge in [0.2, 0.25) is 0 Å². The molecule has 19 atom stereocenters. The Morgan fingerprint density at radius 1 is 0.755 bits per heavy atom. The summed E-state index contributed by atoms with van der Waals surface area (Å²) in [5, 5.41) is 0. The summed E-state index contributed by atoms with van der Waals surface area (Å²) in [6.45, 7) is 33.5. The van der Waals surface area contributed by atoms with Crippen LogP contribution in [-0.4, -0.2) is 42.8 Å². The number of fused-ring (bicyclic) bond motifs is 7. The van der Waals surface area contributed by atoms with E-state index >= 15 is 0 Å². The van der Waals surface area contributed by atoms with Gasteiger partial charge in [-0.25, -0.2) is 0 Å². The number of hydrogen-bond donors (Lipinski definition) is 0. The summed E-state index contributed by atoms with van der Waals surface area (Å²) in [6.07, 6.45) is 15.1. The summed E-state index contributed by atoms with van der Waals surface area (Å²) in [6, 6.07) is 0. The summed E-state index contributed by atoms with van der Waals surface area (Å²) in [7, 11) is 0. The van der Waals surface area contributed by atoms with Crippen molar-refractivity contribution in [3.8, 4) is 0 Å². The molecule has 0 amide bonds. The standard InChI is InChI=1S/C48H80O5/c1-15-38-29(4)27(2)31(6)42(51-38)53-41-30(5)28(3)33(8)50-43(41)52-39-19-20-45(12)35(32(39)7)18-21-47(14)40(45)17-16-36-37-26-44(10,11)22-24-48(37,34(9)49)25-23-46(36,47)13/h16,27-33,35,37-43H,15,17-26H2,1-14H3/t27-,28+,29+,30-,31?,32?,33?,35-,37?,38?,39-,40?,41?,42-,43-,45?,46+,47-,48+/m0/s1. The number of Topliss-reactive ketones (excluding diaryl/α,β-unsaturated/α-hetero) is 1. The topological polar surface area (TPSA) is 54.0 Å². The van der Waals surface area contributed by atoms with Gasteiger partial charge in [-0.2, -0.15) is 0 Å². The Kier molecular flexibility index (Phi) is 10.7. The molecule has 0 bridgehead atoms. The normalized spacial score (nSPS) is 55.1. The molecule has 7 aliphatic rings. The van der Waals surface area contributed by atoms with E-state index in [-0.39, 0.29) is 58.7 Å². The molecule has 0 aromatic carbocycles. The van der Waals surface area contributed by atoms with Crippen molar-refractivity contribution >= 4 is 5.78 Å². The number of hydrogen-bond acceptors (Lipinski definition) is 5. The summed E-state index contributed by atoms with van der Waals surface area (Å²) in [4.78, 5) is 13.5. The molecule has 302 valence electrons. The second kappa shape index (κ2) is 14.0. The van der Waals surface area contributed by atoms with E-state index in [1.54, 1.807) is 5.57 Å². The van der Waals surface area contributed by atoms with Gasteiger partial charge in [0.05, 0.1) is 18.3 Å². The van der Waals surface area contributed by atoms with Gasteiger partial charge in [0.25, 0.3) is 0 Å². The number of carbonyl (C=O) groups excluding carboxylic acids is 1. The minimum absolute atomic E-state index is 0.123. The van der Waals surface area contributed by atoms with Crippen LogP contribution in [0.25, 0.3) is 0 Å². The molecule has 2 heterocycles. The number of carbonyl (C=O) groups is 1. The van der Waals surface area contributed by atoms with Crippen LogP contribution in [0.1, 0.15) is 168 Å². The Balaban J connectivity index is 1.11. The van der Waals surface area contributed by atoms with Crippen LogP contribution in [0.2, 0.25) is 0 Å². The molecule has 0 spiro atoms. The molecular formula is C48H80O5. The zero-order valence-corrected chi connectivity index (χ0v) is 36.6. The van der Waals surface area contributed by atoms with Crippen LogP contribution < -0.4 is 0 Å². The average molecular weight is 737 g/mol. The van der Waals surface area contributed by atoms with Crippen molar-refractivity contribution in [2.75, 3.05) is 0 Å². The van der Waals surface area contributed by atoms with Gasteiger partial charge in [0, 0.05) is 11.3 Å². The van der Waals surface area contributed by atoms with E-state index in [0.717, 1.165) is 32.1 Å². The van der Waals surface area contributed by atoms with Crippen molar-refractivity contribution in [3.63, 3.8) is 0 Å². The third kappa shape index (κ3) is 6.14. The maximum Gasteiger partial charge on any atom is 0.184 e. The fourth-order valence-electron chi connectivity index (χ4n) is 14.8. The lowest BCUT2D eigenvalue weighted by atomic mass is 9.34. The number of ether oxygens (including phenoxy) is 4. The minimum Gasteiger partial charge on any atom is -0.349 e. The van der Waals surface area contributed by atoms with E-state index in [4.69, 9.17) is 18.9 Å². The molecule has 6 fully saturated rings. The highest BCUT2D eigenvalue weighted by molar-refractivity contribution is 5.84. The quantitative estimate of drug-likeness (QED) is 0.201. The predicted octanol–water partition coefficient (Wildman–Crippen LogP) is 11.8. The molecule has 0 N–H and O–H groups in total. The van der Waals surface area contributed by atoms with E-state index < -0.39 is 0 Å². The first-order chi connectivity index (χ1) is 24.7. The Hall–Kier alpha value is -0.750. The zero-order chi connectivity index (χ0) is 38.6. The van der Waals surface area contributed by atoms with Crippen molar-refractivity contribution in [1.82, 2.24) is 0 Å². The van der Waals surface area contributed by atoms with Gasteiger partial charge in [0.15, 0.2) is 12.6 Å². The third-order valence-electron chi connectivity index (χ3n) is 19.6. The molecule has 7 rings (SSSR count). The Morgan fingerprint density at radius 2 is 1.45 bits per heavy atom. The molecule has 0 aromatic rings. The number of rotatable bonds is 6. The van der Waals surface area contributed by atoms with Gasteiger partial charge in [-0.05, 0) is 153 Å². The summed E-state index contributed by atoms with van der Waals surface area (Å²) in [5.74, 6) is 4.67. The molecular weight excluding hydrogens is 657 g/mol. The molecule has 5 nitrogen and oxygen atoms in total. The molecule has 53 heavy (non-hydrogen) atoms. The SMILES string of the molecule is CCC1O[C@@H](OC2[C@H](O[C@H]3CCC4(C)C5CC=C6C7CC(C)(C)CC[C@]7(C(C)=O)CC[C@@]6(C)[C@@]5(C)CC[C@H]4C3C)OC(C)[C@H](C)[C@@H]2C)C(C)[C@@H](C)[C@H]1C. The van der Waals surface area contributed by atoms with Crippen LogP contribution in [0.3, 0.4) is 0 Å². The summed E-state index contributed by atoms with van der Waals surface area (Å²) < 4.78 is 27.8. The van der Waals surface area contributed by atoms with E-state index in [9.17, 15) is 4.79 Å². The minimum atomic E-state index is -0.380. The molecule has 4 saturated carbocycles. The van der Waals surface area contributed by atoms with Gasteiger partial charge < -0.3 is 18.9 Å². The molecule has 0 aromatic heterocycles. The third-order valence-corrected chi connectivity index (χ3v) is 19.6. The fourth-order valence-corrected chi connectivity index (χ4v) is 14.8. The highest BCUT2D eigenvalue weighted by atomic mass is 16.7. The van der Waals surface area contributed by atoms with E-state index in [2.05, 4.69) is 96.1 Å². The highest BCUT2D eigenvalue weighted by Gasteiger charge is 2.68. The first kappa shape index (κ1) is 40.4. The molecule has 8 unspecified atom stereocenters. The van der Waals surface area contributed by atoms with Crippen molar-refractivity contribution in [1.29, 1.82) is 0 Å². The second-order valence-corrected chi connectivity index (χ2v) is 22.1. The van der Waals surface area contributed by atoms with Crippen molar-refractivity contribution in [3.05, 3.63) is 11.6 Å². The van der Waals surface area contributed by atoms with E-state index in [1.165, 1.54) is 38.5 Å². The van der Waals surface area contributed by atoms with Crippen LogP contribution in [0.15, 0.2) is 11.6 Å². The van der Waals surface area contributed by atoms with Crippen LogP contribution in [0.5, 0.6) is 0 Å². The molecule has 0 radical (unpaired) electrons. The second-order valence-electron chi connectivity index (χ2n) is 22.1. The maximum atomic E-state index is 13.5. The maximum absolute atomic E-state index is 13.5. The van der Waals surface area contributed by atoms with Gasteiger partial charge >= 0.3 is 0 Å². The van der Waals surface area contributed by atoms with E-state index in [1.807, 2.05) is 6.92 Å². The summed E-state index contributed by atoms with van der Waals surface area (Å²) in [5.41, 5.74) is 2.51. The lowest BCUT2D eigenvalue weighted by Gasteiger charge is -2.70. The van der Waals surface area contributed by atoms with Crippen LogP contribution in [-0.2, 0) is 23.7 Å². The monoisotopic (exact) mass is 737 g/mol. The first-order valence-corrected chi connectivity index (χ1v) is 22.6. The lowest BCUT2D eigenvalue weighted by molar-refractivity contribution is -0.347. The lowest BCUT2D eigenvalue weighted by Crippen LogP contribution is -2.64. The smallest absolute Gasteiger partial charge is 0.184 e. The molecule has 5 heteroatoms. The molecule has 5 aliphatic carbocycles. The van der Waals surface area contributed by atoms with Crippen LogP contribution >= 0.6 is 0 Å². The Labute approximate surface area is 325 Å². The Morgan fingerprint density at radius 3 is 2.13 bits per heavy atom. The van der Waals surface area contributed by atoms with Crippen molar-refractivity contribution < 1.29 is 23.7 Å². The van der Waals surface area contributed by atoms with Crippen molar-refractivity contribution in [2.45, 2.75) is 205 Å². The van der Waals surface area contributed by atoms with Gasteiger partial charge in [-0.1, -0.05) is 94.7 Å².